The van der Waals surface area contributed by atoms with Crippen LogP contribution in [0.5, 0.6) is 0 Å². The lowest BCUT2D eigenvalue weighted by Crippen LogP contribution is -2.51. The number of ether oxygens (including phenoxy) is 1. The number of benzene rings is 1. The molecule has 112 valence electrons. The molecule has 4 rings (SSSR count). The molecule has 0 saturated carbocycles. The molecule has 1 saturated heterocycles. The number of piperidine rings is 1. The first kappa shape index (κ1) is 13.3. The van der Waals surface area contributed by atoms with E-state index in [1.165, 1.54) is 22.0 Å². The Morgan fingerprint density at radius 2 is 2.33 bits per heavy atom. The molecule has 1 aromatic heterocycles. The summed E-state index contributed by atoms with van der Waals surface area (Å²) >= 11 is 0. The van der Waals surface area contributed by atoms with Gasteiger partial charge in [0.2, 0.25) is 0 Å². The highest BCUT2D eigenvalue weighted by Gasteiger charge is 2.40. The third kappa shape index (κ3) is 2.01. The van der Waals surface area contributed by atoms with Crippen LogP contribution < -0.4 is 0 Å². The molecule has 4 heteroatoms. The second kappa shape index (κ2) is 5.13. The van der Waals surface area contributed by atoms with Crippen molar-refractivity contribution in [2.75, 3.05) is 27.0 Å². The number of fused-ring (bicyclic) bond motifs is 2. The van der Waals surface area contributed by atoms with Gasteiger partial charge in [0.15, 0.2) is 0 Å². The maximum Gasteiger partial charge on any atom is 0.0989 e. The van der Waals surface area contributed by atoms with Crippen LogP contribution in [0.2, 0.25) is 0 Å². The average molecular weight is 286 g/mol. The van der Waals surface area contributed by atoms with Crippen LogP contribution in [0.3, 0.4) is 0 Å². The van der Waals surface area contributed by atoms with E-state index in [2.05, 4.69) is 34.3 Å². The molecule has 2 N–H and O–H groups in total. The van der Waals surface area contributed by atoms with Crippen molar-refractivity contribution in [3.8, 4) is 0 Å². The average Bonchev–Trinajstić information content (AvgIpc) is 2.93. The fraction of sp³-hybridized carbons (Fsp3) is 0.529. The first-order valence-electron chi connectivity index (χ1n) is 7.74. The molecule has 1 aliphatic heterocycles. The lowest BCUT2D eigenvalue weighted by Gasteiger charge is -2.46. The highest BCUT2D eigenvalue weighted by atomic mass is 16.5. The Balaban J connectivity index is 1.79. The Labute approximate surface area is 124 Å². The molecule has 0 bridgehead atoms. The first-order valence-corrected chi connectivity index (χ1v) is 7.74. The van der Waals surface area contributed by atoms with Crippen LogP contribution in [0.15, 0.2) is 24.4 Å². The SMILES string of the molecule is COCN1C[C@@H](CO)CC2c3cccc4[nH]cc(c34)C[C@H]21. The Bertz CT molecular complexity index is 651. The van der Waals surface area contributed by atoms with Crippen LogP contribution in [-0.4, -0.2) is 48.0 Å². The van der Waals surface area contributed by atoms with E-state index in [1.54, 1.807) is 7.11 Å². The molecule has 0 radical (unpaired) electrons. The van der Waals surface area contributed by atoms with Gasteiger partial charge in [-0.25, -0.2) is 0 Å². The van der Waals surface area contributed by atoms with Gasteiger partial charge >= 0.3 is 0 Å². The van der Waals surface area contributed by atoms with Crippen molar-refractivity contribution in [1.82, 2.24) is 9.88 Å². The molecule has 2 aromatic rings. The summed E-state index contributed by atoms with van der Waals surface area (Å²) in [6.07, 6.45) is 4.31. The predicted octanol–water partition coefficient (Wildman–Crippen LogP) is 2.09. The van der Waals surface area contributed by atoms with Crippen LogP contribution in [-0.2, 0) is 11.2 Å². The number of aromatic amines is 1. The van der Waals surface area contributed by atoms with E-state index in [0.717, 1.165) is 19.4 Å². The highest BCUT2D eigenvalue weighted by molar-refractivity contribution is 5.88. The summed E-state index contributed by atoms with van der Waals surface area (Å²) in [5, 5.41) is 11.1. The third-order valence-corrected chi connectivity index (χ3v) is 5.21. The fourth-order valence-electron chi connectivity index (χ4n) is 4.35. The number of nitrogens with zero attached hydrogens (tertiary/aromatic N) is 1. The summed E-state index contributed by atoms with van der Waals surface area (Å²) in [6, 6.07) is 7.05. The number of aliphatic hydroxyl groups is 1. The molecule has 4 nitrogen and oxygen atoms in total. The van der Waals surface area contributed by atoms with E-state index in [4.69, 9.17) is 4.74 Å². The molecule has 3 atom stereocenters. The van der Waals surface area contributed by atoms with Crippen LogP contribution >= 0.6 is 0 Å². The van der Waals surface area contributed by atoms with Gasteiger partial charge in [-0.1, -0.05) is 12.1 Å². The van der Waals surface area contributed by atoms with E-state index in [0.29, 0.717) is 24.6 Å². The first-order chi connectivity index (χ1) is 10.3. The van der Waals surface area contributed by atoms with E-state index in [1.807, 2.05) is 0 Å². The Morgan fingerprint density at radius 1 is 1.43 bits per heavy atom. The number of likely N-dealkylation sites (tertiary alicyclic amines) is 1. The van der Waals surface area contributed by atoms with Crippen molar-refractivity contribution in [3.63, 3.8) is 0 Å². The van der Waals surface area contributed by atoms with Gasteiger partial charge < -0.3 is 14.8 Å². The fourth-order valence-corrected chi connectivity index (χ4v) is 4.35. The minimum Gasteiger partial charge on any atom is -0.396 e. The molecule has 21 heavy (non-hydrogen) atoms. The lowest BCUT2D eigenvalue weighted by atomic mass is 9.72. The van der Waals surface area contributed by atoms with E-state index < -0.39 is 0 Å². The topological polar surface area (TPSA) is 48.5 Å². The zero-order valence-corrected chi connectivity index (χ0v) is 12.4. The van der Waals surface area contributed by atoms with Crippen molar-refractivity contribution in [3.05, 3.63) is 35.5 Å². The number of H-pyrrole nitrogens is 1. The van der Waals surface area contributed by atoms with Gasteiger partial charge in [0.1, 0.15) is 0 Å². The van der Waals surface area contributed by atoms with Crippen LogP contribution in [0, 0.1) is 5.92 Å². The molecule has 2 heterocycles. The quantitative estimate of drug-likeness (QED) is 0.908. The van der Waals surface area contributed by atoms with Gasteiger partial charge in [0.25, 0.3) is 0 Å². The second-order valence-electron chi connectivity index (χ2n) is 6.44. The van der Waals surface area contributed by atoms with Gasteiger partial charge in [-0.15, -0.1) is 0 Å². The smallest absolute Gasteiger partial charge is 0.0989 e. The summed E-state index contributed by atoms with van der Waals surface area (Å²) in [6.45, 7) is 1.84. The summed E-state index contributed by atoms with van der Waals surface area (Å²) < 4.78 is 5.40. The van der Waals surface area contributed by atoms with E-state index in [9.17, 15) is 5.11 Å². The summed E-state index contributed by atoms with van der Waals surface area (Å²) in [5.41, 5.74) is 4.11. The van der Waals surface area contributed by atoms with Crippen LogP contribution in [0.4, 0.5) is 0 Å². The van der Waals surface area contributed by atoms with Gasteiger partial charge in [0.05, 0.1) is 6.73 Å². The van der Waals surface area contributed by atoms with Gasteiger partial charge in [0, 0.05) is 49.3 Å². The van der Waals surface area contributed by atoms with Crippen molar-refractivity contribution in [2.24, 2.45) is 5.92 Å². The number of methoxy groups -OCH3 is 1. The van der Waals surface area contributed by atoms with Crippen molar-refractivity contribution in [2.45, 2.75) is 24.8 Å². The minimum absolute atomic E-state index is 0.263. The van der Waals surface area contributed by atoms with Gasteiger partial charge in [-0.3, -0.25) is 4.90 Å². The molecule has 2 aliphatic rings. The normalized spacial score (nSPS) is 28.8. The largest absolute Gasteiger partial charge is 0.396 e. The number of nitrogens with one attached hydrogen (secondary N) is 1. The molecular weight excluding hydrogens is 264 g/mol. The predicted molar refractivity (Wildman–Crippen MR) is 82.3 cm³/mol. The monoisotopic (exact) mass is 286 g/mol. The molecule has 0 spiro atoms. The van der Waals surface area contributed by atoms with Crippen molar-refractivity contribution < 1.29 is 9.84 Å². The maximum absolute atomic E-state index is 9.64. The van der Waals surface area contributed by atoms with Gasteiger partial charge in [-0.2, -0.15) is 0 Å². The van der Waals surface area contributed by atoms with Crippen LogP contribution in [0.1, 0.15) is 23.5 Å². The number of hydrogen-bond donors (Lipinski definition) is 2. The molecule has 1 aliphatic carbocycles. The Kier molecular flexibility index (Phi) is 3.25. The Morgan fingerprint density at radius 3 is 3.14 bits per heavy atom. The number of aromatic nitrogens is 1. The zero-order valence-electron chi connectivity index (χ0n) is 12.4. The second-order valence-corrected chi connectivity index (χ2v) is 6.44. The minimum atomic E-state index is 0.263. The summed E-state index contributed by atoms with van der Waals surface area (Å²) in [5.74, 6) is 0.843. The van der Waals surface area contributed by atoms with E-state index >= 15 is 0 Å². The van der Waals surface area contributed by atoms with Crippen LogP contribution in [0.25, 0.3) is 10.9 Å². The van der Waals surface area contributed by atoms with Gasteiger partial charge in [-0.05, 0) is 36.0 Å². The molecule has 1 aromatic carbocycles. The molecule has 1 fully saturated rings. The Hall–Kier alpha value is -1.36. The number of rotatable bonds is 3. The summed E-state index contributed by atoms with van der Waals surface area (Å²) in [4.78, 5) is 5.81. The zero-order chi connectivity index (χ0) is 14.4. The number of aliphatic hydroxyl groups excluding tert-OH is 1. The van der Waals surface area contributed by atoms with Crippen molar-refractivity contribution >= 4 is 10.9 Å². The number of hydrogen-bond acceptors (Lipinski definition) is 3. The highest BCUT2D eigenvalue weighted by Crippen LogP contribution is 2.44. The standard InChI is InChI=1S/C17H22N2O2/c1-21-10-19-8-11(9-20)5-14-13-3-2-4-15-17(13)12(7-18-15)6-16(14)19/h2-4,7,11,14,16,18,20H,5-6,8-10H2,1H3/t11-,14?,16+/m0/s1. The molecule has 1 unspecified atom stereocenters. The third-order valence-electron chi connectivity index (χ3n) is 5.21. The molecular formula is C17H22N2O2. The molecule has 0 amide bonds. The van der Waals surface area contributed by atoms with E-state index in [-0.39, 0.29) is 6.61 Å². The van der Waals surface area contributed by atoms with Crippen molar-refractivity contribution in [1.29, 1.82) is 0 Å². The summed E-state index contributed by atoms with van der Waals surface area (Å²) in [7, 11) is 1.75. The lowest BCUT2D eigenvalue weighted by molar-refractivity contribution is -0.0217. The maximum atomic E-state index is 9.64.